The highest BCUT2D eigenvalue weighted by molar-refractivity contribution is 5.96. The summed E-state index contributed by atoms with van der Waals surface area (Å²) in [6.07, 6.45) is 1.33. The predicted molar refractivity (Wildman–Crippen MR) is 97.3 cm³/mol. The van der Waals surface area contributed by atoms with Crippen LogP contribution < -0.4 is 5.32 Å². The van der Waals surface area contributed by atoms with Gasteiger partial charge in [0.1, 0.15) is 0 Å². The van der Waals surface area contributed by atoms with Gasteiger partial charge in [-0.3, -0.25) is 14.4 Å². The molecule has 0 unspecified atom stereocenters. The van der Waals surface area contributed by atoms with Gasteiger partial charge >= 0.3 is 0 Å². The van der Waals surface area contributed by atoms with Crippen LogP contribution in [0.15, 0.2) is 24.3 Å². The van der Waals surface area contributed by atoms with Crippen LogP contribution in [0.2, 0.25) is 0 Å². The fourth-order valence-electron chi connectivity index (χ4n) is 2.96. The second-order valence-electron chi connectivity index (χ2n) is 6.89. The molecule has 1 aromatic rings. The van der Waals surface area contributed by atoms with E-state index >= 15 is 0 Å². The number of hydrogen-bond acceptors (Lipinski definition) is 3. The summed E-state index contributed by atoms with van der Waals surface area (Å²) in [4.78, 5) is 39.8. The van der Waals surface area contributed by atoms with Crippen molar-refractivity contribution in [1.82, 2.24) is 9.80 Å². The molecule has 1 saturated heterocycles. The van der Waals surface area contributed by atoms with Gasteiger partial charge in [-0.15, -0.1) is 0 Å². The lowest BCUT2D eigenvalue weighted by Crippen LogP contribution is -2.37. The number of rotatable bonds is 4. The Morgan fingerprint density at radius 2 is 1.76 bits per heavy atom. The summed E-state index contributed by atoms with van der Waals surface area (Å²) in [6.45, 7) is 7.94. The summed E-state index contributed by atoms with van der Waals surface area (Å²) < 4.78 is 0. The zero-order valence-electron chi connectivity index (χ0n) is 15.2. The quantitative estimate of drug-likeness (QED) is 0.911. The van der Waals surface area contributed by atoms with Crippen LogP contribution >= 0.6 is 0 Å². The molecule has 2 rings (SSSR count). The Kier molecular flexibility index (Phi) is 6.56. The van der Waals surface area contributed by atoms with Gasteiger partial charge in [-0.25, -0.2) is 0 Å². The number of nitrogens with zero attached hydrogens (tertiary/aromatic N) is 2. The minimum atomic E-state index is -0.168. The number of anilines is 1. The Morgan fingerprint density at radius 3 is 2.44 bits per heavy atom. The van der Waals surface area contributed by atoms with Crippen molar-refractivity contribution < 1.29 is 14.4 Å². The summed E-state index contributed by atoms with van der Waals surface area (Å²) >= 11 is 0. The van der Waals surface area contributed by atoms with Gasteiger partial charge in [0, 0.05) is 50.8 Å². The molecule has 3 amide bonds. The molecule has 6 nitrogen and oxygen atoms in total. The van der Waals surface area contributed by atoms with E-state index in [0.29, 0.717) is 49.8 Å². The van der Waals surface area contributed by atoms with Crippen LogP contribution in [-0.2, 0) is 9.59 Å². The van der Waals surface area contributed by atoms with Gasteiger partial charge in [-0.1, -0.05) is 19.9 Å². The van der Waals surface area contributed by atoms with Crippen LogP contribution in [0, 0.1) is 5.92 Å². The fraction of sp³-hybridized carbons (Fsp3) is 0.526. The minimum absolute atomic E-state index is 0.0645. The smallest absolute Gasteiger partial charge is 0.253 e. The molecule has 136 valence electrons. The Hall–Kier alpha value is -2.37. The average molecular weight is 345 g/mol. The Balaban J connectivity index is 2.01. The molecule has 1 heterocycles. The first-order valence-corrected chi connectivity index (χ1v) is 8.81. The van der Waals surface area contributed by atoms with Gasteiger partial charge in [-0.05, 0) is 30.5 Å². The molecule has 1 aromatic carbocycles. The lowest BCUT2D eigenvalue weighted by Gasteiger charge is -2.23. The van der Waals surface area contributed by atoms with Gasteiger partial charge in [0.15, 0.2) is 0 Å². The van der Waals surface area contributed by atoms with E-state index in [-0.39, 0.29) is 17.7 Å². The molecule has 6 heteroatoms. The first kappa shape index (κ1) is 19.0. The Labute approximate surface area is 149 Å². The van der Waals surface area contributed by atoms with Crippen LogP contribution in [-0.4, -0.2) is 53.7 Å². The van der Waals surface area contributed by atoms with E-state index in [0.717, 1.165) is 6.42 Å². The number of hydrogen-bond donors (Lipinski definition) is 1. The number of carbonyl (C=O) groups is 3. The molecule has 25 heavy (non-hydrogen) atoms. The van der Waals surface area contributed by atoms with Crippen molar-refractivity contribution in [2.24, 2.45) is 5.92 Å². The molecule has 0 aliphatic carbocycles. The molecule has 0 aromatic heterocycles. The number of nitrogens with one attached hydrogen (secondary N) is 1. The summed E-state index contributed by atoms with van der Waals surface area (Å²) in [5.41, 5.74) is 1.16. The normalized spacial score (nSPS) is 15.0. The van der Waals surface area contributed by atoms with E-state index in [2.05, 4.69) is 5.32 Å². The summed E-state index contributed by atoms with van der Waals surface area (Å²) in [5, 5.41) is 2.69. The van der Waals surface area contributed by atoms with Gasteiger partial charge in [0.25, 0.3) is 5.91 Å². The molecule has 0 spiro atoms. The highest BCUT2D eigenvalue weighted by Gasteiger charge is 2.23. The van der Waals surface area contributed by atoms with E-state index in [9.17, 15) is 14.4 Å². The topological polar surface area (TPSA) is 69.7 Å². The van der Waals surface area contributed by atoms with Crippen molar-refractivity contribution in [3.8, 4) is 0 Å². The largest absolute Gasteiger partial charge is 0.341 e. The maximum Gasteiger partial charge on any atom is 0.253 e. The van der Waals surface area contributed by atoms with Gasteiger partial charge in [0.2, 0.25) is 11.8 Å². The zero-order chi connectivity index (χ0) is 18.4. The third-order valence-electron chi connectivity index (χ3n) is 4.15. The highest BCUT2D eigenvalue weighted by Crippen LogP contribution is 2.15. The average Bonchev–Trinajstić information content (AvgIpc) is 2.79. The highest BCUT2D eigenvalue weighted by atomic mass is 16.2. The lowest BCUT2D eigenvalue weighted by atomic mass is 10.1. The fourth-order valence-corrected chi connectivity index (χ4v) is 2.96. The maximum atomic E-state index is 12.8. The molecule has 1 N–H and O–H groups in total. The third kappa shape index (κ3) is 5.59. The maximum absolute atomic E-state index is 12.8. The van der Waals surface area contributed by atoms with Crippen molar-refractivity contribution in [2.75, 3.05) is 31.5 Å². The van der Waals surface area contributed by atoms with Crippen LogP contribution in [0.3, 0.4) is 0 Å². The second-order valence-corrected chi connectivity index (χ2v) is 6.89. The van der Waals surface area contributed by atoms with E-state index in [1.807, 2.05) is 18.7 Å². The first-order chi connectivity index (χ1) is 11.9. The van der Waals surface area contributed by atoms with Crippen LogP contribution in [0.5, 0.6) is 0 Å². The predicted octanol–water partition coefficient (Wildman–Crippen LogP) is 2.37. The van der Waals surface area contributed by atoms with Crippen LogP contribution in [0.25, 0.3) is 0 Å². The molecular formula is C19H27N3O3. The van der Waals surface area contributed by atoms with Crippen LogP contribution in [0.1, 0.15) is 44.0 Å². The van der Waals surface area contributed by atoms with Crippen molar-refractivity contribution in [2.45, 2.75) is 33.6 Å². The standard InChI is InChI=1S/C19H27N3O3/c1-14(2)12-18(24)21-8-5-9-22(11-10-21)19(25)16-6-4-7-17(13-16)20-15(3)23/h4,6-7,13-14H,5,8-12H2,1-3H3,(H,20,23). The van der Waals surface area contributed by atoms with Crippen molar-refractivity contribution in [3.63, 3.8) is 0 Å². The number of benzene rings is 1. The zero-order valence-corrected chi connectivity index (χ0v) is 15.2. The second kappa shape index (κ2) is 8.65. The van der Waals surface area contributed by atoms with Gasteiger partial charge < -0.3 is 15.1 Å². The summed E-state index contributed by atoms with van der Waals surface area (Å²) in [6, 6.07) is 6.96. The SMILES string of the molecule is CC(=O)Nc1cccc(C(=O)N2CCCN(C(=O)CC(C)C)CC2)c1. The monoisotopic (exact) mass is 345 g/mol. The lowest BCUT2D eigenvalue weighted by molar-refractivity contribution is -0.131. The molecule has 1 fully saturated rings. The van der Waals surface area contributed by atoms with E-state index in [1.165, 1.54) is 6.92 Å². The van der Waals surface area contributed by atoms with Gasteiger partial charge in [0.05, 0.1) is 0 Å². The third-order valence-corrected chi connectivity index (χ3v) is 4.15. The van der Waals surface area contributed by atoms with E-state index in [4.69, 9.17) is 0 Å². The molecule has 0 bridgehead atoms. The van der Waals surface area contributed by atoms with E-state index in [1.54, 1.807) is 29.2 Å². The van der Waals surface area contributed by atoms with Crippen molar-refractivity contribution >= 4 is 23.4 Å². The van der Waals surface area contributed by atoms with Crippen LogP contribution in [0.4, 0.5) is 5.69 Å². The van der Waals surface area contributed by atoms with Crippen molar-refractivity contribution in [3.05, 3.63) is 29.8 Å². The Morgan fingerprint density at radius 1 is 1.08 bits per heavy atom. The first-order valence-electron chi connectivity index (χ1n) is 8.81. The molecule has 0 atom stereocenters. The minimum Gasteiger partial charge on any atom is -0.341 e. The van der Waals surface area contributed by atoms with Gasteiger partial charge in [-0.2, -0.15) is 0 Å². The summed E-state index contributed by atoms with van der Waals surface area (Å²) in [7, 11) is 0. The molecule has 0 radical (unpaired) electrons. The Bertz CT molecular complexity index is 643. The number of carbonyl (C=O) groups excluding carboxylic acids is 3. The summed E-state index contributed by atoms with van der Waals surface area (Å²) in [5.74, 6) is 0.269. The molecular weight excluding hydrogens is 318 g/mol. The van der Waals surface area contributed by atoms with E-state index < -0.39 is 0 Å². The number of amides is 3. The molecule has 1 aliphatic rings. The molecule has 1 aliphatic heterocycles. The van der Waals surface area contributed by atoms with Crippen molar-refractivity contribution in [1.29, 1.82) is 0 Å². The molecule has 0 saturated carbocycles.